The molecule has 4 nitrogen and oxygen atoms in total. The van der Waals surface area contributed by atoms with E-state index in [0.29, 0.717) is 19.8 Å². The van der Waals surface area contributed by atoms with Crippen LogP contribution in [0.4, 0.5) is 0 Å². The van der Waals surface area contributed by atoms with E-state index in [-0.39, 0.29) is 17.4 Å². The Kier molecular flexibility index (Phi) is 3.73. The molecular formula is C11H22N2O2. The largest absolute Gasteiger partial charge is 0.377 e. The number of morpholine rings is 1. The van der Waals surface area contributed by atoms with Crippen LogP contribution in [-0.2, 0) is 9.53 Å². The van der Waals surface area contributed by atoms with Crippen molar-refractivity contribution in [2.45, 2.75) is 39.8 Å². The molecule has 0 aromatic carbocycles. The Morgan fingerprint density at radius 2 is 2.13 bits per heavy atom. The van der Waals surface area contributed by atoms with Crippen molar-refractivity contribution in [1.82, 2.24) is 4.90 Å². The number of amides is 1. The molecule has 0 aliphatic carbocycles. The monoisotopic (exact) mass is 214 g/mol. The van der Waals surface area contributed by atoms with E-state index < -0.39 is 6.04 Å². The van der Waals surface area contributed by atoms with Gasteiger partial charge in [0.1, 0.15) is 0 Å². The van der Waals surface area contributed by atoms with Crippen LogP contribution in [0.3, 0.4) is 0 Å². The summed E-state index contributed by atoms with van der Waals surface area (Å²) in [6.45, 7) is 9.84. The van der Waals surface area contributed by atoms with Crippen LogP contribution in [-0.4, -0.2) is 42.6 Å². The van der Waals surface area contributed by atoms with Gasteiger partial charge in [0, 0.05) is 6.54 Å². The standard InChI is InChI=1S/C11H22N2O2/c1-8-7-15-6-5-13(8)10(14)9(12)11(2,3)4/h8-9H,5-7,12H2,1-4H3/t8-,9?/m1/s1. The number of ether oxygens (including phenoxy) is 1. The highest BCUT2D eigenvalue weighted by Gasteiger charge is 2.34. The van der Waals surface area contributed by atoms with Crippen molar-refractivity contribution in [2.24, 2.45) is 11.1 Å². The first-order valence-corrected chi connectivity index (χ1v) is 5.48. The first-order valence-electron chi connectivity index (χ1n) is 5.48. The highest BCUT2D eigenvalue weighted by atomic mass is 16.5. The summed E-state index contributed by atoms with van der Waals surface area (Å²) in [7, 11) is 0. The Morgan fingerprint density at radius 3 is 2.60 bits per heavy atom. The molecule has 1 heterocycles. The predicted octanol–water partition coefficient (Wildman–Crippen LogP) is 0.607. The van der Waals surface area contributed by atoms with E-state index in [1.165, 1.54) is 0 Å². The molecule has 2 N–H and O–H groups in total. The van der Waals surface area contributed by atoms with Crippen LogP contribution < -0.4 is 5.73 Å². The summed E-state index contributed by atoms with van der Waals surface area (Å²) in [5.41, 5.74) is 5.77. The third-order valence-electron chi connectivity index (χ3n) is 2.85. The minimum Gasteiger partial charge on any atom is -0.377 e. The van der Waals surface area contributed by atoms with Gasteiger partial charge in [-0.05, 0) is 12.3 Å². The first-order chi connectivity index (χ1) is 6.84. The van der Waals surface area contributed by atoms with Crippen molar-refractivity contribution in [3.63, 3.8) is 0 Å². The number of nitrogens with two attached hydrogens (primary N) is 1. The Labute approximate surface area is 91.8 Å². The fourth-order valence-electron chi connectivity index (χ4n) is 1.60. The molecule has 0 aromatic rings. The van der Waals surface area contributed by atoms with Gasteiger partial charge in [0.2, 0.25) is 5.91 Å². The molecule has 4 heteroatoms. The number of rotatable bonds is 1. The number of carbonyl (C=O) groups excluding carboxylic acids is 1. The van der Waals surface area contributed by atoms with Crippen molar-refractivity contribution < 1.29 is 9.53 Å². The van der Waals surface area contributed by atoms with E-state index in [4.69, 9.17) is 10.5 Å². The van der Waals surface area contributed by atoms with Gasteiger partial charge in [0.25, 0.3) is 0 Å². The molecule has 0 saturated carbocycles. The Balaban J connectivity index is 2.66. The quantitative estimate of drug-likeness (QED) is 0.695. The lowest BCUT2D eigenvalue weighted by atomic mass is 9.86. The van der Waals surface area contributed by atoms with E-state index >= 15 is 0 Å². The molecule has 0 bridgehead atoms. The van der Waals surface area contributed by atoms with Gasteiger partial charge in [-0.1, -0.05) is 20.8 Å². The summed E-state index contributed by atoms with van der Waals surface area (Å²) in [6, 6.07) is -0.294. The number of hydrogen-bond donors (Lipinski definition) is 1. The van der Waals surface area contributed by atoms with E-state index in [1.807, 2.05) is 32.6 Å². The zero-order chi connectivity index (χ0) is 11.6. The van der Waals surface area contributed by atoms with Crippen LogP contribution in [0, 0.1) is 5.41 Å². The molecule has 1 amide bonds. The maximum atomic E-state index is 12.1. The average molecular weight is 214 g/mol. The zero-order valence-corrected chi connectivity index (χ0v) is 10.1. The number of carbonyl (C=O) groups is 1. The minimum atomic E-state index is -0.432. The zero-order valence-electron chi connectivity index (χ0n) is 10.1. The molecule has 0 spiro atoms. The van der Waals surface area contributed by atoms with Gasteiger partial charge in [0.15, 0.2) is 0 Å². The van der Waals surface area contributed by atoms with E-state index in [0.717, 1.165) is 0 Å². The summed E-state index contributed by atoms with van der Waals surface area (Å²) in [5, 5.41) is 0. The van der Waals surface area contributed by atoms with Gasteiger partial charge in [-0.15, -0.1) is 0 Å². The third kappa shape index (κ3) is 2.92. The highest BCUT2D eigenvalue weighted by molar-refractivity contribution is 5.82. The molecule has 15 heavy (non-hydrogen) atoms. The fourth-order valence-corrected chi connectivity index (χ4v) is 1.60. The molecule has 1 rings (SSSR count). The lowest BCUT2D eigenvalue weighted by Crippen LogP contribution is -2.56. The second-order valence-corrected chi connectivity index (χ2v) is 5.30. The highest BCUT2D eigenvalue weighted by Crippen LogP contribution is 2.20. The van der Waals surface area contributed by atoms with Crippen molar-refractivity contribution >= 4 is 5.91 Å². The van der Waals surface area contributed by atoms with Crippen molar-refractivity contribution in [2.75, 3.05) is 19.8 Å². The van der Waals surface area contributed by atoms with Gasteiger partial charge in [-0.3, -0.25) is 4.79 Å². The van der Waals surface area contributed by atoms with Crippen molar-refractivity contribution in [3.05, 3.63) is 0 Å². The Bertz CT molecular complexity index is 235. The molecule has 2 atom stereocenters. The molecule has 0 aromatic heterocycles. The number of nitrogens with zero attached hydrogens (tertiary/aromatic N) is 1. The number of hydrogen-bond acceptors (Lipinski definition) is 3. The molecular weight excluding hydrogens is 192 g/mol. The summed E-state index contributed by atoms with van der Waals surface area (Å²) < 4.78 is 5.29. The second kappa shape index (κ2) is 4.49. The average Bonchev–Trinajstić information content (AvgIpc) is 2.15. The van der Waals surface area contributed by atoms with Crippen LogP contribution in [0.1, 0.15) is 27.7 Å². The molecule has 1 unspecified atom stereocenters. The van der Waals surface area contributed by atoms with Crippen LogP contribution in [0.25, 0.3) is 0 Å². The summed E-state index contributed by atoms with van der Waals surface area (Å²) in [5.74, 6) is 0.0401. The SMILES string of the molecule is C[C@@H]1COCCN1C(=O)C(N)C(C)(C)C. The van der Waals surface area contributed by atoms with Crippen LogP contribution in [0.2, 0.25) is 0 Å². The summed E-state index contributed by atoms with van der Waals surface area (Å²) in [4.78, 5) is 13.9. The predicted molar refractivity (Wildman–Crippen MR) is 59.4 cm³/mol. The first kappa shape index (κ1) is 12.5. The topological polar surface area (TPSA) is 55.6 Å². The Morgan fingerprint density at radius 1 is 1.53 bits per heavy atom. The van der Waals surface area contributed by atoms with Crippen LogP contribution in [0.5, 0.6) is 0 Å². The maximum Gasteiger partial charge on any atom is 0.240 e. The van der Waals surface area contributed by atoms with Crippen molar-refractivity contribution in [3.8, 4) is 0 Å². The summed E-state index contributed by atoms with van der Waals surface area (Å²) >= 11 is 0. The van der Waals surface area contributed by atoms with E-state index in [9.17, 15) is 4.79 Å². The van der Waals surface area contributed by atoms with Crippen LogP contribution >= 0.6 is 0 Å². The van der Waals surface area contributed by atoms with Crippen molar-refractivity contribution in [1.29, 1.82) is 0 Å². The third-order valence-corrected chi connectivity index (χ3v) is 2.85. The van der Waals surface area contributed by atoms with E-state index in [1.54, 1.807) is 0 Å². The lowest BCUT2D eigenvalue weighted by molar-refractivity contribution is -0.142. The summed E-state index contributed by atoms with van der Waals surface area (Å²) in [6.07, 6.45) is 0. The Hall–Kier alpha value is -0.610. The maximum absolute atomic E-state index is 12.1. The molecule has 1 fully saturated rings. The van der Waals surface area contributed by atoms with Gasteiger partial charge >= 0.3 is 0 Å². The lowest BCUT2D eigenvalue weighted by Gasteiger charge is -2.38. The molecule has 1 aliphatic rings. The molecule has 0 radical (unpaired) electrons. The molecule has 1 aliphatic heterocycles. The van der Waals surface area contributed by atoms with Gasteiger partial charge in [-0.2, -0.15) is 0 Å². The van der Waals surface area contributed by atoms with Gasteiger partial charge in [-0.25, -0.2) is 0 Å². The molecule has 1 saturated heterocycles. The van der Waals surface area contributed by atoms with Gasteiger partial charge < -0.3 is 15.4 Å². The smallest absolute Gasteiger partial charge is 0.240 e. The van der Waals surface area contributed by atoms with Crippen LogP contribution in [0.15, 0.2) is 0 Å². The van der Waals surface area contributed by atoms with E-state index in [2.05, 4.69) is 0 Å². The van der Waals surface area contributed by atoms with Gasteiger partial charge in [0.05, 0.1) is 25.3 Å². The normalized spacial score (nSPS) is 25.1. The fraction of sp³-hybridized carbons (Fsp3) is 0.909. The second-order valence-electron chi connectivity index (χ2n) is 5.30. The molecule has 88 valence electrons. The minimum absolute atomic E-state index is 0.0401.